The van der Waals surface area contributed by atoms with Crippen LogP contribution in [-0.2, 0) is 32.6 Å². The number of rotatable bonds is 7. The first-order chi connectivity index (χ1) is 17.4. The molecule has 8 nitrogen and oxygen atoms in total. The van der Waals surface area contributed by atoms with Gasteiger partial charge in [-0.1, -0.05) is 42.5 Å². The van der Waals surface area contributed by atoms with Crippen LogP contribution in [0, 0.1) is 0 Å². The number of aryl methyl sites for hydroxylation is 1. The normalized spacial score (nSPS) is 14.6. The molecule has 1 aliphatic rings. The molecule has 0 radical (unpaired) electrons. The van der Waals surface area contributed by atoms with E-state index in [4.69, 9.17) is 0 Å². The average molecular weight is 487 g/mol. The zero-order chi connectivity index (χ0) is 25.2. The topological polar surface area (TPSA) is 89.5 Å². The van der Waals surface area contributed by atoms with Crippen LogP contribution >= 0.6 is 0 Å². The number of pyridine rings is 1. The van der Waals surface area contributed by atoms with E-state index in [1.807, 2.05) is 19.1 Å². The number of hydrogen-bond acceptors (Lipinski definition) is 5. The van der Waals surface area contributed by atoms with E-state index in [0.29, 0.717) is 24.0 Å². The van der Waals surface area contributed by atoms with Crippen molar-refractivity contribution in [3.8, 4) is 0 Å². The lowest BCUT2D eigenvalue weighted by atomic mass is 10.00. The second-order valence-electron chi connectivity index (χ2n) is 9.37. The van der Waals surface area contributed by atoms with Gasteiger partial charge in [0.25, 0.3) is 11.1 Å². The summed E-state index contributed by atoms with van der Waals surface area (Å²) in [6.45, 7) is 4.45. The molecular formula is C28H30N4O4. The monoisotopic (exact) mass is 486 g/mol. The quantitative estimate of drug-likeness (QED) is 0.431. The summed E-state index contributed by atoms with van der Waals surface area (Å²) in [6.07, 6.45) is 1.77. The van der Waals surface area contributed by atoms with E-state index in [9.17, 15) is 19.5 Å². The highest BCUT2D eigenvalue weighted by atomic mass is 16.3. The standard InChI is InChI=1S/C28H30N4O4/c1-2-30-15-20(11-12-26(30)34)16-31-25-10-6-5-9-24(25)27(35)32(28(31)36)19-23(33)18-29-14-13-21-7-3-4-8-22(21)17-29/h3-12,15,23,33H,2,13-14,16-19H2,1H3. The van der Waals surface area contributed by atoms with E-state index in [0.717, 1.165) is 29.6 Å². The van der Waals surface area contributed by atoms with E-state index >= 15 is 0 Å². The Hall–Kier alpha value is -3.75. The number of aliphatic hydroxyl groups is 1. The molecule has 5 rings (SSSR count). The molecule has 0 spiro atoms. The highest BCUT2D eigenvalue weighted by Gasteiger charge is 2.21. The number of β-amino-alcohol motifs (C(OH)–C–C–N with tert-alkyl or cyclic N) is 1. The molecule has 8 heteroatoms. The molecule has 1 unspecified atom stereocenters. The molecule has 3 heterocycles. The molecule has 2 aromatic heterocycles. The predicted octanol–water partition coefficient (Wildman–Crippen LogP) is 1.81. The van der Waals surface area contributed by atoms with E-state index in [2.05, 4.69) is 17.0 Å². The SMILES string of the molecule is CCn1cc(Cn2c(=O)n(CC(O)CN3CCc4ccccc4C3)c(=O)c3ccccc32)ccc1=O. The van der Waals surface area contributed by atoms with Gasteiger partial charge in [0.15, 0.2) is 0 Å². The largest absolute Gasteiger partial charge is 0.390 e. The summed E-state index contributed by atoms with van der Waals surface area (Å²) in [5.74, 6) is 0. The van der Waals surface area contributed by atoms with Crippen molar-refractivity contribution >= 4 is 10.9 Å². The third kappa shape index (κ3) is 4.69. The molecule has 0 fully saturated rings. The summed E-state index contributed by atoms with van der Waals surface area (Å²) in [6, 6.07) is 18.5. The fourth-order valence-electron chi connectivity index (χ4n) is 5.07. The van der Waals surface area contributed by atoms with Crippen LogP contribution in [0.1, 0.15) is 23.6 Å². The molecule has 36 heavy (non-hydrogen) atoms. The lowest BCUT2D eigenvalue weighted by Gasteiger charge is -2.30. The van der Waals surface area contributed by atoms with Crippen molar-refractivity contribution in [2.24, 2.45) is 0 Å². The van der Waals surface area contributed by atoms with Crippen molar-refractivity contribution in [1.82, 2.24) is 18.6 Å². The first-order valence-electron chi connectivity index (χ1n) is 12.3. The van der Waals surface area contributed by atoms with Crippen molar-refractivity contribution in [3.05, 3.63) is 115 Å². The van der Waals surface area contributed by atoms with Gasteiger partial charge in [-0.3, -0.25) is 23.6 Å². The van der Waals surface area contributed by atoms with Crippen LogP contribution in [0.4, 0.5) is 0 Å². The van der Waals surface area contributed by atoms with Gasteiger partial charge in [0.05, 0.1) is 30.1 Å². The lowest BCUT2D eigenvalue weighted by molar-refractivity contribution is 0.0897. The summed E-state index contributed by atoms with van der Waals surface area (Å²) in [5, 5.41) is 11.3. The molecule has 0 bridgehead atoms. The average Bonchev–Trinajstić information content (AvgIpc) is 2.90. The number of aliphatic hydroxyl groups excluding tert-OH is 1. The third-order valence-electron chi connectivity index (χ3n) is 6.93. The van der Waals surface area contributed by atoms with Crippen molar-refractivity contribution in [1.29, 1.82) is 0 Å². The molecule has 1 atom stereocenters. The molecule has 4 aromatic rings. The van der Waals surface area contributed by atoms with E-state index in [-0.39, 0.29) is 18.6 Å². The number of hydrogen-bond donors (Lipinski definition) is 1. The van der Waals surface area contributed by atoms with Gasteiger partial charge in [0.2, 0.25) is 0 Å². The van der Waals surface area contributed by atoms with Gasteiger partial charge in [-0.05, 0) is 42.2 Å². The maximum atomic E-state index is 13.6. The van der Waals surface area contributed by atoms with Gasteiger partial charge in [0.1, 0.15) is 0 Å². The third-order valence-corrected chi connectivity index (χ3v) is 6.93. The van der Waals surface area contributed by atoms with Crippen LogP contribution in [-0.4, -0.2) is 42.9 Å². The molecule has 1 aliphatic heterocycles. The van der Waals surface area contributed by atoms with Gasteiger partial charge in [-0.25, -0.2) is 4.79 Å². The van der Waals surface area contributed by atoms with E-state index in [1.54, 1.807) is 45.7 Å². The fraction of sp³-hybridized carbons (Fsp3) is 0.321. The maximum Gasteiger partial charge on any atom is 0.331 e. The summed E-state index contributed by atoms with van der Waals surface area (Å²) >= 11 is 0. The van der Waals surface area contributed by atoms with Gasteiger partial charge < -0.3 is 9.67 Å². The molecule has 1 N–H and O–H groups in total. The Morgan fingerprint density at radius 2 is 1.64 bits per heavy atom. The van der Waals surface area contributed by atoms with Crippen LogP contribution in [0.2, 0.25) is 0 Å². The second kappa shape index (κ2) is 10.1. The number of para-hydroxylation sites is 1. The predicted molar refractivity (Wildman–Crippen MR) is 139 cm³/mol. The van der Waals surface area contributed by atoms with E-state index < -0.39 is 17.4 Å². The molecule has 0 saturated heterocycles. The maximum absolute atomic E-state index is 13.6. The van der Waals surface area contributed by atoms with Gasteiger partial charge >= 0.3 is 5.69 Å². The van der Waals surface area contributed by atoms with Gasteiger partial charge in [0, 0.05) is 38.4 Å². The summed E-state index contributed by atoms with van der Waals surface area (Å²) in [4.78, 5) is 41.0. The number of aromatic nitrogens is 3. The zero-order valence-electron chi connectivity index (χ0n) is 20.3. The second-order valence-corrected chi connectivity index (χ2v) is 9.37. The summed E-state index contributed by atoms with van der Waals surface area (Å²) < 4.78 is 4.26. The Morgan fingerprint density at radius 3 is 2.44 bits per heavy atom. The molecule has 186 valence electrons. The Balaban J connectivity index is 1.45. The first-order valence-corrected chi connectivity index (χ1v) is 12.3. The molecule has 0 saturated carbocycles. The Kier molecular flexibility index (Phi) is 6.71. The zero-order valence-corrected chi connectivity index (χ0v) is 20.3. The number of nitrogens with zero attached hydrogens (tertiary/aromatic N) is 4. The minimum atomic E-state index is -0.878. The Morgan fingerprint density at radius 1 is 0.889 bits per heavy atom. The Bertz CT molecular complexity index is 1580. The lowest BCUT2D eigenvalue weighted by Crippen LogP contribution is -2.45. The molecule has 0 amide bonds. The first kappa shape index (κ1) is 24.0. The van der Waals surface area contributed by atoms with Crippen LogP contribution in [0.3, 0.4) is 0 Å². The van der Waals surface area contributed by atoms with Crippen molar-refractivity contribution in [2.45, 2.75) is 45.6 Å². The Labute approximate surface area is 208 Å². The smallest absolute Gasteiger partial charge is 0.331 e. The molecule has 2 aromatic carbocycles. The van der Waals surface area contributed by atoms with Gasteiger partial charge in [-0.2, -0.15) is 0 Å². The van der Waals surface area contributed by atoms with E-state index in [1.165, 1.54) is 17.2 Å². The van der Waals surface area contributed by atoms with Crippen molar-refractivity contribution in [3.63, 3.8) is 0 Å². The van der Waals surface area contributed by atoms with Crippen LogP contribution in [0.5, 0.6) is 0 Å². The highest BCUT2D eigenvalue weighted by molar-refractivity contribution is 5.77. The summed E-state index contributed by atoms with van der Waals surface area (Å²) in [5.41, 5.74) is 2.89. The van der Waals surface area contributed by atoms with Crippen molar-refractivity contribution < 1.29 is 5.11 Å². The molecular weight excluding hydrogens is 456 g/mol. The fourth-order valence-corrected chi connectivity index (χ4v) is 5.07. The number of benzene rings is 2. The minimum absolute atomic E-state index is 0.0882. The van der Waals surface area contributed by atoms with Crippen LogP contribution in [0.25, 0.3) is 10.9 Å². The number of fused-ring (bicyclic) bond motifs is 2. The van der Waals surface area contributed by atoms with Crippen LogP contribution in [0.15, 0.2) is 81.2 Å². The summed E-state index contributed by atoms with van der Waals surface area (Å²) in [7, 11) is 0. The van der Waals surface area contributed by atoms with Gasteiger partial charge in [-0.15, -0.1) is 0 Å². The minimum Gasteiger partial charge on any atom is -0.390 e. The molecule has 0 aliphatic carbocycles. The van der Waals surface area contributed by atoms with Crippen LogP contribution < -0.4 is 16.8 Å². The van der Waals surface area contributed by atoms with Crippen molar-refractivity contribution in [2.75, 3.05) is 13.1 Å². The highest BCUT2D eigenvalue weighted by Crippen LogP contribution is 2.18.